The highest BCUT2D eigenvalue weighted by atomic mass is 32.1. The summed E-state index contributed by atoms with van der Waals surface area (Å²) in [5.41, 5.74) is -2.33. The number of hydrogen-bond acceptors (Lipinski definition) is 6. The lowest BCUT2D eigenvalue weighted by atomic mass is 9.93. The Kier molecular flexibility index (Phi) is 8.69. The van der Waals surface area contributed by atoms with Crippen molar-refractivity contribution in [1.29, 1.82) is 0 Å². The third kappa shape index (κ3) is 7.00. The molecule has 2 aromatic heterocycles. The average Bonchev–Trinajstić information content (AvgIpc) is 3.67. The quantitative estimate of drug-likeness (QED) is 0.202. The molecule has 7 nitrogen and oxygen atoms in total. The van der Waals surface area contributed by atoms with E-state index in [4.69, 9.17) is 4.74 Å². The van der Waals surface area contributed by atoms with Gasteiger partial charge in [0.2, 0.25) is 0 Å². The molecule has 48 heavy (non-hydrogen) atoms. The number of nitrogens with zero attached hydrogens (tertiary/aromatic N) is 4. The fraction of sp³-hybridized carbons (Fsp3) is 0.382. The van der Waals surface area contributed by atoms with Gasteiger partial charge in [0.1, 0.15) is 10.6 Å². The number of piperazine rings is 1. The Labute approximate surface area is 276 Å². The summed E-state index contributed by atoms with van der Waals surface area (Å²) < 4.78 is 89.5. The van der Waals surface area contributed by atoms with Crippen molar-refractivity contribution in [3.63, 3.8) is 0 Å². The van der Waals surface area contributed by atoms with Crippen LogP contribution in [0.4, 0.5) is 31.1 Å². The van der Waals surface area contributed by atoms with Gasteiger partial charge in [0.15, 0.2) is 0 Å². The second kappa shape index (κ2) is 12.4. The normalized spacial score (nSPS) is 19.3. The number of carbonyl (C=O) groups is 2. The summed E-state index contributed by atoms with van der Waals surface area (Å²) in [5.74, 6) is -0.929. The third-order valence-corrected chi connectivity index (χ3v) is 9.31. The third-order valence-electron chi connectivity index (χ3n) is 8.46. The van der Waals surface area contributed by atoms with Gasteiger partial charge >= 0.3 is 18.4 Å². The van der Waals surface area contributed by atoms with Crippen LogP contribution in [-0.2, 0) is 23.5 Å². The Bertz CT molecular complexity index is 1840. The standard InChI is InChI=1S/C34H32F6N4O3S/c1-32(2,3)47-31(46)44-17-22(27-6-4-5-7-28(27)44)14-26-18-42-16-20(29-41-10-11-48-29)8-9-25(42)19-43(26)30(45)21-12-23(33(35,36)37)15-24(13-21)34(38,39)40/h4-8,10-13,15,17,25-26H,9,14,16,18-19H2,1-3H3/t25-,26-/m1/s1. The van der Waals surface area contributed by atoms with Gasteiger partial charge in [-0.25, -0.2) is 9.78 Å². The Balaban J connectivity index is 1.40. The first-order valence-electron chi connectivity index (χ1n) is 15.2. The van der Waals surface area contributed by atoms with E-state index in [1.54, 1.807) is 51.4 Å². The first kappa shape index (κ1) is 33.7. The summed E-state index contributed by atoms with van der Waals surface area (Å²) in [7, 11) is 0. The summed E-state index contributed by atoms with van der Waals surface area (Å²) >= 11 is 1.49. The molecule has 4 heterocycles. The van der Waals surface area contributed by atoms with Crippen LogP contribution in [0, 0.1) is 0 Å². The van der Waals surface area contributed by atoms with Gasteiger partial charge in [-0.15, -0.1) is 11.3 Å². The molecule has 0 unspecified atom stereocenters. The van der Waals surface area contributed by atoms with E-state index in [1.165, 1.54) is 20.8 Å². The minimum Gasteiger partial charge on any atom is -0.443 e. The number of amides is 1. The lowest BCUT2D eigenvalue weighted by Gasteiger charge is -2.48. The molecular formula is C34H32F6N4O3S. The highest BCUT2D eigenvalue weighted by molar-refractivity contribution is 7.10. The van der Waals surface area contributed by atoms with E-state index < -0.39 is 52.7 Å². The molecule has 4 aromatic rings. The molecule has 0 spiro atoms. The summed E-state index contributed by atoms with van der Waals surface area (Å²) in [5, 5.41) is 3.43. The van der Waals surface area contributed by atoms with Crippen molar-refractivity contribution in [2.24, 2.45) is 0 Å². The number of hydrogen-bond donors (Lipinski definition) is 0. The number of alkyl halides is 6. The SMILES string of the molecule is CC(C)(C)OC(=O)n1cc(C[C@@H]2CN3CC(c4nccs4)=CC[C@@H]3CN2C(=O)c2cc(C(F)(F)F)cc(C(F)(F)F)c2)c2ccccc21. The number of ether oxygens (including phenoxy) is 1. The van der Waals surface area contributed by atoms with E-state index >= 15 is 0 Å². The van der Waals surface area contributed by atoms with Gasteiger partial charge in [-0.2, -0.15) is 26.3 Å². The van der Waals surface area contributed by atoms with Gasteiger partial charge in [0.25, 0.3) is 5.91 Å². The van der Waals surface area contributed by atoms with E-state index in [1.807, 2.05) is 17.5 Å². The Morgan fingerprint density at radius 1 is 0.979 bits per heavy atom. The predicted octanol–water partition coefficient (Wildman–Crippen LogP) is 8.14. The molecule has 1 fully saturated rings. The van der Waals surface area contributed by atoms with Crippen molar-refractivity contribution in [3.8, 4) is 0 Å². The van der Waals surface area contributed by atoms with Crippen LogP contribution in [0.5, 0.6) is 0 Å². The topological polar surface area (TPSA) is 67.7 Å². The number of thiazole rings is 1. The van der Waals surface area contributed by atoms with E-state index in [9.17, 15) is 35.9 Å². The molecule has 0 saturated carbocycles. The number of aromatic nitrogens is 2. The predicted molar refractivity (Wildman–Crippen MR) is 169 cm³/mol. The smallest absolute Gasteiger partial charge is 0.419 e. The number of rotatable bonds is 4. The lowest BCUT2D eigenvalue weighted by molar-refractivity contribution is -0.143. The van der Waals surface area contributed by atoms with Crippen molar-refractivity contribution < 1.29 is 40.7 Å². The molecule has 6 rings (SSSR count). The highest BCUT2D eigenvalue weighted by Gasteiger charge is 2.42. The van der Waals surface area contributed by atoms with Crippen LogP contribution in [0.25, 0.3) is 16.5 Å². The zero-order chi connectivity index (χ0) is 34.6. The van der Waals surface area contributed by atoms with Crippen LogP contribution in [0.15, 0.2) is 66.3 Å². The molecule has 0 N–H and O–H groups in total. The average molecular weight is 691 g/mol. The second-order valence-corrected chi connectivity index (χ2v) is 13.9. The minimum absolute atomic E-state index is 0.0177. The van der Waals surface area contributed by atoms with Gasteiger partial charge in [-0.3, -0.25) is 14.3 Å². The molecule has 0 bridgehead atoms. The molecule has 254 valence electrons. The first-order valence-corrected chi connectivity index (χ1v) is 16.1. The molecular weight excluding hydrogens is 658 g/mol. The molecule has 2 aliphatic rings. The van der Waals surface area contributed by atoms with Crippen molar-refractivity contribution in [2.45, 2.75) is 63.7 Å². The van der Waals surface area contributed by atoms with Gasteiger partial charge in [0.05, 0.1) is 16.6 Å². The van der Waals surface area contributed by atoms with Crippen LogP contribution >= 0.6 is 11.3 Å². The van der Waals surface area contributed by atoms with Crippen molar-refractivity contribution in [2.75, 3.05) is 19.6 Å². The van der Waals surface area contributed by atoms with E-state index in [-0.39, 0.29) is 31.6 Å². The maximum absolute atomic E-state index is 14.1. The summed E-state index contributed by atoms with van der Waals surface area (Å²) in [6, 6.07) is 7.23. The van der Waals surface area contributed by atoms with Crippen LogP contribution in [0.2, 0.25) is 0 Å². The minimum atomic E-state index is -5.10. The molecule has 2 aliphatic heterocycles. The Morgan fingerprint density at radius 3 is 2.29 bits per heavy atom. The molecule has 14 heteroatoms. The van der Waals surface area contributed by atoms with Gasteiger partial charge in [-0.1, -0.05) is 24.3 Å². The Hall–Kier alpha value is -4.17. The number of fused-ring (bicyclic) bond motifs is 2. The molecule has 2 atom stereocenters. The second-order valence-electron chi connectivity index (χ2n) is 13.0. The highest BCUT2D eigenvalue weighted by Crippen LogP contribution is 2.38. The zero-order valence-corrected chi connectivity index (χ0v) is 27.0. The summed E-state index contributed by atoms with van der Waals surface area (Å²) in [6.07, 6.45) is -4.78. The molecule has 0 radical (unpaired) electrons. The zero-order valence-electron chi connectivity index (χ0n) is 26.2. The number of benzene rings is 2. The van der Waals surface area contributed by atoms with Crippen LogP contribution in [-0.4, -0.2) is 68.7 Å². The van der Waals surface area contributed by atoms with Crippen molar-refractivity contribution >= 4 is 39.8 Å². The number of para-hydroxylation sites is 1. The summed E-state index contributed by atoms with van der Waals surface area (Å²) in [6.45, 7) is 6.10. The van der Waals surface area contributed by atoms with Crippen molar-refractivity contribution in [1.82, 2.24) is 19.4 Å². The maximum atomic E-state index is 14.1. The lowest BCUT2D eigenvalue weighted by Crippen LogP contribution is -2.61. The van der Waals surface area contributed by atoms with Gasteiger partial charge in [-0.05, 0) is 69.0 Å². The van der Waals surface area contributed by atoms with E-state index in [2.05, 4.69) is 9.88 Å². The molecule has 0 aliphatic carbocycles. The monoisotopic (exact) mass is 690 g/mol. The first-order chi connectivity index (χ1) is 22.5. The van der Waals surface area contributed by atoms with Crippen LogP contribution < -0.4 is 0 Å². The van der Waals surface area contributed by atoms with E-state index in [0.717, 1.165) is 10.6 Å². The summed E-state index contributed by atoms with van der Waals surface area (Å²) in [4.78, 5) is 35.2. The van der Waals surface area contributed by atoms with Gasteiger partial charge < -0.3 is 9.64 Å². The molecule has 1 amide bonds. The largest absolute Gasteiger partial charge is 0.443 e. The Morgan fingerprint density at radius 2 is 1.67 bits per heavy atom. The number of carbonyl (C=O) groups excluding carboxylic acids is 2. The van der Waals surface area contributed by atoms with Crippen LogP contribution in [0.1, 0.15) is 59.2 Å². The van der Waals surface area contributed by atoms with Crippen molar-refractivity contribution in [3.05, 3.63) is 93.6 Å². The fourth-order valence-corrected chi connectivity index (χ4v) is 6.99. The van der Waals surface area contributed by atoms with Gasteiger partial charge in [0, 0.05) is 60.4 Å². The maximum Gasteiger partial charge on any atom is 0.419 e. The number of halogens is 6. The molecule has 2 aromatic carbocycles. The van der Waals surface area contributed by atoms with Crippen LogP contribution in [0.3, 0.4) is 0 Å². The van der Waals surface area contributed by atoms with E-state index in [0.29, 0.717) is 41.6 Å². The molecule has 1 saturated heterocycles. The fourth-order valence-electron chi connectivity index (χ4n) is 6.32.